The zero-order chi connectivity index (χ0) is 19.4. The maximum absolute atomic E-state index is 12.7. The van der Waals surface area contributed by atoms with Gasteiger partial charge in [0.2, 0.25) is 11.8 Å². The first kappa shape index (κ1) is 19.7. The molecule has 8 heteroatoms. The normalized spacial score (nSPS) is 18.3. The van der Waals surface area contributed by atoms with Gasteiger partial charge in [-0.05, 0) is 56.6 Å². The second-order valence-corrected chi connectivity index (χ2v) is 7.39. The summed E-state index contributed by atoms with van der Waals surface area (Å²) in [5.74, 6) is 0.364. The van der Waals surface area contributed by atoms with Crippen LogP contribution in [0.25, 0.3) is 0 Å². The number of hydrogen-bond acceptors (Lipinski definition) is 4. The number of benzene rings is 1. The van der Waals surface area contributed by atoms with Gasteiger partial charge < -0.3 is 15.1 Å². The summed E-state index contributed by atoms with van der Waals surface area (Å²) < 4.78 is 5.30. The van der Waals surface area contributed by atoms with E-state index in [1.807, 2.05) is 17.9 Å². The van der Waals surface area contributed by atoms with Crippen LogP contribution in [0.4, 0.5) is 5.69 Å². The van der Waals surface area contributed by atoms with Crippen molar-refractivity contribution in [3.63, 3.8) is 0 Å². The van der Waals surface area contributed by atoms with E-state index in [-0.39, 0.29) is 30.4 Å². The first-order valence-electron chi connectivity index (χ1n) is 8.77. The van der Waals surface area contributed by atoms with E-state index < -0.39 is 0 Å². The molecule has 1 aromatic carbocycles. The monoisotopic (exact) mass is 409 g/mol. The number of nitrogens with zero attached hydrogens (tertiary/aromatic N) is 1. The van der Waals surface area contributed by atoms with Crippen LogP contribution in [-0.2, 0) is 9.59 Å². The van der Waals surface area contributed by atoms with E-state index in [0.29, 0.717) is 34.5 Å². The number of likely N-dealkylation sites (tertiary alicyclic amines) is 1. The Morgan fingerprint density at radius 2 is 2.15 bits per heavy atom. The van der Waals surface area contributed by atoms with Crippen LogP contribution < -0.4 is 10.6 Å². The van der Waals surface area contributed by atoms with Gasteiger partial charge >= 0.3 is 0 Å². The lowest BCUT2D eigenvalue weighted by Crippen LogP contribution is -2.45. The Labute approximate surface area is 167 Å². The predicted octanol–water partition coefficient (Wildman–Crippen LogP) is 3.87. The van der Waals surface area contributed by atoms with E-state index in [9.17, 15) is 9.59 Å². The molecular weight excluding hydrogens is 389 g/mol. The standard InChI is InChI=1S/C19H21Cl2N3O3/c1-12(17-5-3-9-27-17)22-18(25)11-24-8-2-4-16(24)19(26)23-15-7-6-13(20)10-14(15)21/h3,5-7,9-10,12,16H,2,4,8,11H2,1H3,(H,22,25)(H,23,26)/t12-,16+/m0/s1. The molecule has 6 nitrogen and oxygen atoms in total. The molecule has 144 valence electrons. The smallest absolute Gasteiger partial charge is 0.241 e. The second kappa shape index (κ2) is 8.78. The molecule has 1 saturated heterocycles. The summed E-state index contributed by atoms with van der Waals surface area (Å²) in [6.45, 7) is 2.69. The third-order valence-electron chi connectivity index (χ3n) is 4.55. The number of nitrogens with one attached hydrogen (secondary N) is 2. The number of carbonyl (C=O) groups is 2. The number of hydrogen-bond donors (Lipinski definition) is 2. The molecule has 2 heterocycles. The van der Waals surface area contributed by atoms with Crippen LogP contribution in [0.2, 0.25) is 10.0 Å². The summed E-state index contributed by atoms with van der Waals surface area (Å²) in [6, 6.07) is 7.90. The summed E-state index contributed by atoms with van der Waals surface area (Å²) in [4.78, 5) is 26.9. The number of anilines is 1. The lowest BCUT2D eigenvalue weighted by Gasteiger charge is -2.24. The van der Waals surface area contributed by atoms with Crippen molar-refractivity contribution in [3.05, 3.63) is 52.4 Å². The molecule has 1 fully saturated rings. The number of amides is 2. The Kier molecular flexibility index (Phi) is 6.42. The summed E-state index contributed by atoms with van der Waals surface area (Å²) in [6.07, 6.45) is 3.12. The molecule has 0 saturated carbocycles. The van der Waals surface area contributed by atoms with Gasteiger partial charge in [-0.2, -0.15) is 0 Å². The molecule has 2 N–H and O–H groups in total. The number of halogens is 2. The Morgan fingerprint density at radius 1 is 1.33 bits per heavy atom. The quantitative estimate of drug-likeness (QED) is 0.759. The zero-order valence-electron chi connectivity index (χ0n) is 14.9. The molecule has 3 rings (SSSR count). The van der Waals surface area contributed by atoms with Crippen molar-refractivity contribution < 1.29 is 14.0 Å². The van der Waals surface area contributed by atoms with E-state index in [1.54, 1.807) is 30.5 Å². The van der Waals surface area contributed by atoms with Crippen LogP contribution in [-0.4, -0.2) is 35.8 Å². The minimum absolute atomic E-state index is 0.150. The molecule has 2 aromatic rings. The molecule has 2 amide bonds. The second-order valence-electron chi connectivity index (χ2n) is 6.55. The van der Waals surface area contributed by atoms with E-state index in [0.717, 1.165) is 6.42 Å². The lowest BCUT2D eigenvalue weighted by atomic mass is 10.2. The van der Waals surface area contributed by atoms with Gasteiger partial charge in [-0.1, -0.05) is 23.2 Å². The third-order valence-corrected chi connectivity index (χ3v) is 5.10. The fraction of sp³-hybridized carbons (Fsp3) is 0.368. The summed E-state index contributed by atoms with van der Waals surface area (Å²) >= 11 is 12.0. The van der Waals surface area contributed by atoms with Crippen LogP contribution >= 0.6 is 23.2 Å². The Bertz CT molecular complexity index is 811. The van der Waals surface area contributed by atoms with Crippen molar-refractivity contribution in [3.8, 4) is 0 Å². The van der Waals surface area contributed by atoms with Crippen LogP contribution in [0.15, 0.2) is 41.0 Å². The highest BCUT2D eigenvalue weighted by molar-refractivity contribution is 6.36. The lowest BCUT2D eigenvalue weighted by molar-refractivity contribution is -0.125. The first-order valence-corrected chi connectivity index (χ1v) is 9.52. The third kappa shape index (κ3) is 5.03. The summed E-state index contributed by atoms with van der Waals surface area (Å²) in [7, 11) is 0. The molecule has 0 aliphatic carbocycles. The van der Waals surface area contributed by atoms with Crippen molar-refractivity contribution >= 4 is 40.7 Å². The summed E-state index contributed by atoms with van der Waals surface area (Å²) in [5, 5.41) is 6.60. The SMILES string of the molecule is C[C@H](NC(=O)CN1CCC[C@@H]1C(=O)Nc1ccc(Cl)cc1Cl)c1ccco1. The zero-order valence-corrected chi connectivity index (χ0v) is 16.4. The van der Waals surface area contributed by atoms with Crippen molar-refractivity contribution in [1.82, 2.24) is 10.2 Å². The Morgan fingerprint density at radius 3 is 2.85 bits per heavy atom. The van der Waals surface area contributed by atoms with E-state index >= 15 is 0 Å². The Hall–Kier alpha value is -2.02. The molecule has 2 atom stereocenters. The maximum atomic E-state index is 12.7. The van der Waals surface area contributed by atoms with Gasteiger partial charge in [0, 0.05) is 5.02 Å². The number of furan rings is 1. The van der Waals surface area contributed by atoms with Gasteiger partial charge in [0.05, 0.1) is 35.6 Å². The average Bonchev–Trinajstić information content (AvgIpc) is 3.28. The van der Waals surface area contributed by atoms with E-state index in [1.165, 1.54) is 0 Å². The van der Waals surface area contributed by atoms with Gasteiger partial charge in [-0.15, -0.1) is 0 Å². The number of rotatable bonds is 6. The number of carbonyl (C=O) groups excluding carboxylic acids is 2. The Balaban J connectivity index is 1.57. The average molecular weight is 410 g/mol. The minimum atomic E-state index is -0.374. The van der Waals surface area contributed by atoms with Gasteiger partial charge in [0.15, 0.2) is 0 Å². The highest BCUT2D eigenvalue weighted by Crippen LogP contribution is 2.27. The molecule has 0 radical (unpaired) electrons. The minimum Gasteiger partial charge on any atom is -0.467 e. The predicted molar refractivity (Wildman–Crippen MR) is 105 cm³/mol. The largest absolute Gasteiger partial charge is 0.467 e. The highest BCUT2D eigenvalue weighted by atomic mass is 35.5. The summed E-state index contributed by atoms with van der Waals surface area (Å²) in [5.41, 5.74) is 0.508. The topological polar surface area (TPSA) is 74.6 Å². The molecule has 1 aliphatic rings. The van der Waals surface area contributed by atoms with Gasteiger partial charge in [-0.25, -0.2) is 0 Å². The van der Waals surface area contributed by atoms with Crippen molar-refractivity contribution in [1.29, 1.82) is 0 Å². The fourth-order valence-corrected chi connectivity index (χ4v) is 3.66. The van der Waals surface area contributed by atoms with Crippen molar-refractivity contribution in [2.45, 2.75) is 31.8 Å². The molecule has 0 unspecified atom stereocenters. The van der Waals surface area contributed by atoms with Crippen LogP contribution in [0, 0.1) is 0 Å². The van der Waals surface area contributed by atoms with Gasteiger partial charge in [0.25, 0.3) is 0 Å². The van der Waals surface area contributed by atoms with E-state index in [4.69, 9.17) is 27.6 Å². The molecule has 0 spiro atoms. The molecule has 1 aliphatic heterocycles. The fourth-order valence-electron chi connectivity index (χ4n) is 3.20. The van der Waals surface area contributed by atoms with Crippen LogP contribution in [0.3, 0.4) is 0 Å². The first-order chi connectivity index (χ1) is 12.9. The van der Waals surface area contributed by atoms with Crippen LogP contribution in [0.5, 0.6) is 0 Å². The van der Waals surface area contributed by atoms with E-state index in [2.05, 4.69) is 10.6 Å². The van der Waals surface area contributed by atoms with Gasteiger partial charge in [0.1, 0.15) is 5.76 Å². The van der Waals surface area contributed by atoms with Crippen molar-refractivity contribution in [2.75, 3.05) is 18.4 Å². The van der Waals surface area contributed by atoms with Crippen LogP contribution in [0.1, 0.15) is 31.6 Å². The van der Waals surface area contributed by atoms with Gasteiger partial charge in [-0.3, -0.25) is 14.5 Å². The highest BCUT2D eigenvalue weighted by Gasteiger charge is 2.32. The van der Waals surface area contributed by atoms with Crippen molar-refractivity contribution in [2.24, 2.45) is 0 Å². The molecule has 0 bridgehead atoms. The maximum Gasteiger partial charge on any atom is 0.241 e. The molecular formula is C19H21Cl2N3O3. The molecule has 1 aromatic heterocycles. The molecule has 27 heavy (non-hydrogen) atoms.